The summed E-state index contributed by atoms with van der Waals surface area (Å²) in [6, 6.07) is 8.69. The number of nitrogen functional groups attached to an aromatic ring is 1. The molecule has 0 heterocycles. The van der Waals surface area contributed by atoms with Gasteiger partial charge in [0, 0.05) is 5.02 Å². The van der Waals surface area contributed by atoms with E-state index in [4.69, 9.17) is 17.3 Å². The van der Waals surface area contributed by atoms with Crippen LogP contribution in [-0.4, -0.2) is 0 Å². The van der Waals surface area contributed by atoms with Gasteiger partial charge in [0.2, 0.25) is 0 Å². The molecular formula is C14H12ClF3N2. The Morgan fingerprint density at radius 3 is 2.45 bits per heavy atom. The summed E-state index contributed by atoms with van der Waals surface area (Å²) in [7, 11) is 0. The first kappa shape index (κ1) is 14.5. The van der Waals surface area contributed by atoms with Crippen molar-refractivity contribution in [3.05, 3.63) is 52.5 Å². The van der Waals surface area contributed by atoms with Crippen molar-refractivity contribution in [2.75, 3.05) is 11.1 Å². The number of rotatable bonds is 2. The first-order chi connectivity index (χ1) is 9.29. The zero-order chi connectivity index (χ0) is 14.9. The number of aryl methyl sites for hydroxylation is 1. The standard InChI is InChI=1S/C14H12ClF3N2/c1-8-3-2-4-12(13(8)19)20-11-6-5-9(15)7-10(11)14(16,17)18/h2-7,20H,19H2,1H3. The highest BCUT2D eigenvalue weighted by Crippen LogP contribution is 2.38. The second-order valence-electron chi connectivity index (χ2n) is 4.35. The number of halogens is 4. The van der Waals surface area contributed by atoms with Gasteiger partial charge in [0.15, 0.2) is 0 Å². The second-order valence-corrected chi connectivity index (χ2v) is 4.79. The van der Waals surface area contributed by atoms with E-state index in [0.29, 0.717) is 11.4 Å². The van der Waals surface area contributed by atoms with E-state index in [-0.39, 0.29) is 10.7 Å². The monoisotopic (exact) mass is 300 g/mol. The minimum absolute atomic E-state index is 0.0279. The Labute approximate surface area is 119 Å². The Bertz CT molecular complexity index is 639. The third kappa shape index (κ3) is 2.99. The lowest BCUT2D eigenvalue weighted by molar-refractivity contribution is -0.136. The third-order valence-electron chi connectivity index (χ3n) is 2.88. The quantitative estimate of drug-likeness (QED) is 0.767. The van der Waals surface area contributed by atoms with Crippen LogP contribution in [0.4, 0.5) is 30.2 Å². The molecule has 3 N–H and O–H groups in total. The summed E-state index contributed by atoms with van der Waals surface area (Å²) in [5.41, 5.74) is 6.57. The average molecular weight is 301 g/mol. The highest BCUT2D eigenvalue weighted by atomic mass is 35.5. The van der Waals surface area contributed by atoms with Crippen LogP contribution < -0.4 is 11.1 Å². The topological polar surface area (TPSA) is 38.0 Å². The predicted molar refractivity (Wildman–Crippen MR) is 75.3 cm³/mol. The molecule has 6 heteroatoms. The van der Waals surface area contributed by atoms with Crippen molar-refractivity contribution in [2.24, 2.45) is 0 Å². The largest absolute Gasteiger partial charge is 0.418 e. The third-order valence-corrected chi connectivity index (χ3v) is 3.12. The van der Waals surface area contributed by atoms with Crippen LogP contribution >= 0.6 is 11.6 Å². The highest BCUT2D eigenvalue weighted by Gasteiger charge is 2.33. The van der Waals surface area contributed by atoms with Crippen molar-refractivity contribution in [1.82, 2.24) is 0 Å². The van der Waals surface area contributed by atoms with Gasteiger partial charge in [0.05, 0.1) is 22.6 Å². The number of nitrogens with two attached hydrogens (primary N) is 1. The van der Waals surface area contributed by atoms with Crippen molar-refractivity contribution in [3.8, 4) is 0 Å². The number of anilines is 3. The van der Waals surface area contributed by atoms with Crippen LogP contribution in [0.5, 0.6) is 0 Å². The van der Waals surface area contributed by atoms with E-state index in [1.807, 2.05) is 0 Å². The fourth-order valence-corrected chi connectivity index (χ4v) is 1.97. The molecule has 0 bridgehead atoms. The highest BCUT2D eigenvalue weighted by molar-refractivity contribution is 6.30. The van der Waals surface area contributed by atoms with Gasteiger partial charge in [0.1, 0.15) is 0 Å². The van der Waals surface area contributed by atoms with Gasteiger partial charge >= 0.3 is 6.18 Å². The zero-order valence-electron chi connectivity index (χ0n) is 10.6. The van der Waals surface area contributed by atoms with E-state index in [1.165, 1.54) is 12.1 Å². The van der Waals surface area contributed by atoms with Crippen molar-refractivity contribution in [2.45, 2.75) is 13.1 Å². The summed E-state index contributed by atoms with van der Waals surface area (Å²) in [6.07, 6.45) is -4.49. The molecule has 0 aromatic heterocycles. The fourth-order valence-electron chi connectivity index (χ4n) is 1.79. The smallest absolute Gasteiger partial charge is 0.397 e. The number of nitrogens with one attached hydrogen (secondary N) is 1. The summed E-state index contributed by atoms with van der Waals surface area (Å²) in [5.74, 6) is 0. The maximum atomic E-state index is 13.0. The van der Waals surface area contributed by atoms with Crippen LogP contribution in [0.1, 0.15) is 11.1 Å². The molecule has 0 aliphatic carbocycles. The molecule has 0 spiro atoms. The fraction of sp³-hybridized carbons (Fsp3) is 0.143. The second kappa shape index (κ2) is 5.25. The maximum absolute atomic E-state index is 13.0. The Morgan fingerprint density at radius 2 is 1.80 bits per heavy atom. The van der Waals surface area contributed by atoms with Crippen molar-refractivity contribution in [3.63, 3.8) is 0 Å². The van der Waals surface area contributed by atoms with Gasteiger partial charge in [-0.25, -0.2) is 0 Å². The van der Waals surface area contributed by atoms with E-state index in [0.717, 1.165) is 11.6 Å². The molecule has 2 aromatic carbocycles. The minimum atomic E-state index is -4.49. The lowest BCUT2D eigenvalue weighted by Gasteiger charge is -2.16. The Hall–Kier alpha value is -1.88. The SMILES string of the molecule is Cc1cccc(Nc2ccc(Cl)cc2C(F)(F)F)c1N. The van der Waals surface area contributed by atoms with Gasteiger partial charge in [-0.2, -0.15) is 13.2 Å². The van der Waals surface area contributed by atoms with E-state index in [9.17, 15) is 13.2 Å². The zero-order valence-corrected chi connectivity index (χ0v) is 11.3. The Balaban J connectivity index is 2.46. The van der Waals surface area contributed by atoms with Gasteiger partial charge in [-0.1, -0.05) is 23.7 Å². The molecule has 0 unspecified atom stereocenters. The van der Waals surface area contributed by atoms with E-state index < -0.39 is 11.7 Å². The van der Waals surface area contributed by atoms with E-state index >= 15 is 0 Å². The molecule has 0 radical (unpaired) electrons. The van der Waals surface area contributed by atoms with Gasteiger partial charge in [-0.05, 0) is 36.8 Å². The molecule has 0 aliphatic heterocycles. The summed E-state index contributed by atoms with van der Waals surface area (Å²) >= 11 is 5.63. The normalized spacial score (nSPS) is 11.4. The first-order valence-corrected chi connectivity index (χ1v) is 6.15. The first-order valence-electron chi connectivity index (χ1n) is 5.78. The number of para-hydroxylation sites is 1. The average Bonchev–Trinajstić information content (AvgIpc) is 2.36. The molecular weight excluding hydrogens is 289 g/mol. The summed E-state index contributed by atoms with van der Waals surface area (Å²) in [4.78, 5) is 0. The van der Waals surface area contributed by atoms with E-state index in [1.54, 1.807) is 25.1 Å². The van der Waals surface area contributed by atoms with E-state index in [2.05, 4.69) is 5.32 Å². The van der Waals surface area contributed by atoms with Gasteiger partial charge in [-0.15, -0.1) is 0 Å². The molecule has 0 amide bonds. The molecule has 0 saturated carbocycles. The molecule has 0 saturated heterocycles. The van der Waals surface area contributed by atoms with Crippen LogP contribution in [-0.2, 0) is 6.18 Å². The molecule has 2 rings (SSSR count). The Kier molecular flexibility index (Phi) is 3.81. The molecule has 0 aliphatic rings. The van der Waals surface area contributed by atoms with Crippen molar-refractivity contribution in [1.29, 1.82) is 0 Å². The van der Waals surface area contributed by atoms with Gasteiger partial charge in [0.25, 0.3) is 0 Å². The number of alkyl halides is 3. The van der Waals surface area contributed by atoms with Crippen molar-refractivity contribution < 1.29 is 13.2 Å². The predicted octanol–water partition coefficient (Wildman–Crippen LogP) is 4.99. The molecule has 2 aromatic rings. The van der Waals surface area contributed by atoms with Crippen LogP contribution in [0, 0.1) is 6.92 Å². The summed E-state index contributed by atoms with van der Waals surface area (Å²) < 4.78 is 38.9. The summed E-state index contributed by atoms with van der Waals surface area (Å²) in [6.45, 7) is 1.78. The molecule has 0 atom stereocenters. The maximum Gasteiger partial charge on any atom is 0.418 e. The number of hydrogen-bond donors (Lipinski definition) is 2. The lowest BCUT2D eigenvalue weighted by Crippen LogP contribution is -2.09. The van der Waals surface area contributed by atoms with Crippen LogP contribution in [0.3, 0.4) is 0 Å². The minimum Gasteiger partial charge on any atom is -0.397 e. The molecule has 20 heavy (non-hydrogen) atoms. The Morgan fingerprint density at radius 1 is 1.10 bits per heavy atom. The number of hydrogen-bond acceptors (Lipinski definition) is 2. The summed E-state index contributed by atoms with van der Waals surface area (Å²) in [5, 5.41) is 2.74. The lowest BCUT2D eigenvalue weighted by atomic mass is 10.1. The van der Waals surface area contributed by atoms with Gasteiger partial charge in [-0.3, -0.25) is 0 Å². The molecule has 0 fully saturated rings. The van der Waals surface area contributed by atoms with Crippen LogP contribution in [0.25, 0.3) is 0 Å². The molecule has 2 nitrogen and oxygen atoms in total. The van der Waals surface area contributed by atoms with Crippen molar-refractivity contribution >= 4 is 28.7 Å². The van der Waals surface area contributed by atoms with Crippen LogP contribution in [0.15, 0.2) is 36.4 Å². The van der Waals surface area contributed by atoms with Gasteiger partial charge < -0.3 is 11.1 Å². The van der Waals surface area contributed by atoms with Crippen LogP contribution in [0.2, 0.25) is 5.02 Å². The molecule has 106 valence electrons. The number of benzene rings is 2.